The fourth-order valence-electron chi connectivity index (χ4n) is 3.40. The van der Waals surface area contributed by atoms with Crippen molar-refractivity contribution < 1.29 is 17.7 Å². The Labute approximate surface area is 159 Å². The Hall–Kier alpha value is -2.22. The molecular weight excluding hydrogens is 366 g/mol. The molecule has 2 heterocycles. The van der Waals surface area contributed by atoms with Crippen LogP contribution >= 0.6 is 0 Å². The Balaban J connectivity index is 1.83. The van der Waals surface area contributed by atoms with Gasteiger partial charge in [0.2, 0.25) is 5.91 Å². The van der Waals surface area contributed by atoms with E-state index < -0.39 is 15.6 Å². The molecule has 7 nitrogen and oxygen atoms in total. The van der Waals surface area contributed by atoms with Gasteiger partial charge in [-0.25, -0.2) is 8.42 Å². The molecule has 3 rings (SSSR count). The molecule has 1 aromatic heterocycles. The summed E-state index contributed by atoms with van der Waals surface area (Å²) < 4.78 is 29.6. The maximum absolute atomic E-state index is 12.8. The second-order valence-electron chi connectivity index (χ2n) is 6.87. The zero-order valence-corrected chi connectivity index (χ0v) is 16.3. The standard InChI is InChI=1S/C19H25N3O4S/c1-2-13-27(24,25)14-17(23)22-12-8-4-7-11-16(22)18-20-19(26-21-18)15-9-5-3-6-10-15/h3,5-6,9-10,16H,2,4,7-8,11-14H2,1H3. The number of carbonyl (C=O) groups excluding carboxylic acids is 1. The third kappa shape index (κ3) is 4.94. The van der Waals surface area contributed by atoms with Crippen molar-refractivity contribution in [1.29, 1.82) is 0 Å². The van der Waals surface area contributed by atoms with E-state index in [-0.39, 0.29) is 17.7 Å². The van der Waals surface area contributed by atoms with Crippen LogP contribution in [0.2, 0.25) is 0 Å². The van der Waals surface area contributed by atoms with E-state index in [9.17, 15) is 13.2 Å². The summed E-state index contributed by atoms with van der Waals surface area (Å²) in [7, 11) is -3.39. The second-order valence-corrected chi connectivity index (χ2v) is 9.05. The third-order valence-electron chi connectivity index (χ3n) is 4.69. The van der Waals surface area contributed by atoms with Gasteiger partial charge in [0.15, 0.2) is 15.7 Å². The van der Waals surface area contributed by atoms with E-state index in [0.717, 1.165) is 24.8 Å². The SMILES string of the molecule is CCCS(=O)(=O)CC(=O)N1CCCCCC1c1noc(-c2ccccc2)n1. The van der Waals surface area contributed by atoms with Gasteiger partial charge in [-0.1, -0.05) is 43.1 Å². The van der Waals surface area contributed by atoms with Gasteiger partial charge in [-0.05, 0) is 31.4 Å². The van der Waals surface area contributed by atoms with E-state index in [4.69, 9.17) is 4.52 Å². The lowest BCUT2D eigenvalue weighted by molar-refractivity contribution is -0.131. The summed E-state index contributed by atoms with van der Waals surface area (Å²) in [6.07, 6.45) is 3.98. The predicted octanol–water partition coefficient (Wildman–Crippen LogP) is 3.01. The van der Waals surface area contributed by atoms with E-state index in [0.29, 0.717) is 31.1 Å². The minimum Gasteiger partial charge on any atom is -0.334 e. The van der Waals surface area contributed by atoms with Crippen LogP contribution in [0.5, 0.6) is 0 Å². The van der Waals surface area contributed by atoms with Crippen molar-refractivity contribution in [3.05, 3.63) is 36.2 Å². The molecule has 27 heavy (non-hydrogen) atoms. The molecule has 1 aliphatic heterocycles. The molecule has 8 heteroatoms. The number of amides is 1. The summed E-state index contributed by atoms with van der Waals surface area (Å²) in [4.78, 5) is 18.9. The number of benzene rings is 1. The van der Waals surface area contributed by atoms with Crippen molar-refractivity contribution in [3.8, 4) is 11.5 Å². The first-order chi connectivity index (χ1) is 13.0. The third-order valence-corrected chi connectivity index (χ3v) is 6.41. The average Bonchev–Trinajstić information content (AvgIpc) is 2.99. The lowest BCUT2D eigenvalue weighted by Crippen LogP contribution is -2.39. The van der Waals surface area contributed by atoms with Crippen molar-refractivity contribution in [2.75, 3.05) is 18.1 Å². The topological polar surface area (TPSA) is 93.4 Å². The van der Waals surface area contributed by atoms with Gasteiger partial charge < -0.3 is 9.42 Å². The number of hydrogen-bond acceptors (Lipinski definition) is 6. The van der Waals surface area contributed by atoms with Gasteiger partial charge in [0.25, 0.3) is 5.89 Å². The number of rotatable bonds is 6. The lowest BCUT2D eigenvalue weighted by Gasteiger charge is -2.27. The smallest absolute Gasteiger partial charge is 0.257 e. The summed E-state index contributed by atoms with van der Waals surface area (Å²) in [5, 5.41) is 4.09. The monoisotopic (exact) mass is 391 g/mol. The number of likely N-dealkylation sites (tertiary alicyclic amines) is 1. The highest BCUT2D eigenvalue weighted by molar-refractivity contribution is 7.92. The highest BCUT2D eigenvalue weighted by atomic mass is 32.2. The predicted molar refractivity (Wildman–Crippen MR) is 102 cm³/mol. The molecule has 0 bridgehead atoms. The minimum absolute atomic E-state index is 0.0254. The molecular formula is C19H25N3O4S. The van der Waals surface area contributed by atoms with Crippen LogP contribution in [0.25, 0.3) is 11.5 Å². The summed E-state index contributed by atoms with van der Waals surface area (Å²) >= 11 is 0. The number of nitrogens with zero attached hydrogens (tertiary/aromatic N) is 3. The van der Waals surface area contributed by atoms with Crippen molar-refractivity contribution in [1.82, 2.24) is 15.0 Å². The molecule has 1 aliphatic rings. The lowest BCUT2D eigenvalue weighted by atomic mass is 10.1. The van der Waals surface area contributed by atoms with Gasteiger partial charge in [-0.15, -0.1) is 0 Å². The van der Waals surface area contributed by atoms with E-state index in [1.165, 1.54) is 0 Å². The Morgan fingerprint density at radius 2 is 2.00 bits per heavy atom. The average molecular weight is 391 g/mol. The molecule has 0 spiro atoms. The Morgan fingerprint density at radius 1 is 1.22 bits per heavy atom. The first-order valence-corrected chi connectivity index (χ1v) is 11.2. The van der Waals surface area contributed by atoms with Crippen LogP contribution in [0.4, 0.5) is 0 Å². The van der Waals surface area contributed by atoms with Crippen molar-refractivity contribution in [2.45, 2.75) is 45.1 Å². The number of carbonyl (C=O) groups is 1. The van der Waals surface area contributed by atoms with Crippen LogP contribution in [-0.4, -0.2) is 47.4 Å². The minimum atomic E-state index is -3.39. The molecule has 1 saturated heterocycles. The summed E-state index contributed by atoms with van der Waals surface area (Å²) in [6.45, 7) is 2.31. The van der Waals surface area contributed by atoms with Crippen LogP contribution in [-0.2, 0) is 14.6 Å². The molecule has 1 fully saturated rings. The van der Waals surface area contributed by atoms with E-state index >= 15 is 0 Å². The fraction of sp³-hybridized carbons (Fsp3) is 0.526. The largest absolute Gasteiger partial charge is 0.334 e. The summed E-state index contributed by atoms with van der Waals surface area (Å²) in [6, 6.07) is 9.09. The summed E-state index contributed by atoms with van der Waals surface area (Å²) in [5.74, 6) is 0.0393. The number of sulfone groups is 1. The first kappa shape index (κ1) is 19.5. The fourth-order valence-corrected chi connectivity index (χ4v) is 4.71. The van der Waals surface area contributed by atoms with Crippen molar-refractivity contribution >= 4 is 15.7 Å². The van der Waals surface area contributed by atoms with E-state index in [1.807, 2.05) is 30.3 Å². The van der Waals surface area contributed by atoms with Crippen molar-refractivity contribution in [3.63, 3.8) is 0 Å². The van der Waals surface area contributed by atoms with Gasteiger partial charge in [0, 0.05) is 12.1 Å². The van der Waals surface area contributed by atoms with Gasteiger partial charge in [0.05, 0.1) is 11.8 Å². The molecule has 1 amide bonds. The van der Waals surface area contributed by atoms with Crippen LogP contribution in [0.15, 0.2) is 34.9 Å². The highest BCUT2D eigenvalue weighted by Crippen LogP contribution is 2.30. The van der Waals surface area contributed by atoms with E-state index in [2.05, 4.69) is 10.1 Å². The number of aromatic nitrogens is 2. The van der Waals surface area contributed by atoms with Crippen molar-refractivity contribution in [2.24, 2.45) is 0 Å². The molecule has 1 unspecified atom stereocenters. The van der Waals surface area contributed by atoms with E-state index in [1.54, 1.807) is 11.8 Å². The van der Waals surface area contributed by atoms with Gasteiger partial charge in [-0.2, -0.15) is 4.98 Å². The quantitative estimate of drug-likeness (QED) is 0.751. The molecule has 1 aromatic carbocycles. The molecule has 0 radical (unpaired) electrons. The Morgan fingerprint density at radius 3 is 2.74 bits per heavy atom. The van der Waals surface area contributed by atoms with Crippen LogP contribution < -0.4 is 0 Å². The molecule has 0 N–H and O–H groups in total. The molecule has 146 valence electrons. The molecule has 0 saturated carbocycles. The molecule has 0 aliphatic carbocycles. The molecule has 2 aromatic rings. The summed E-state index contributed by atoms with van der Waals surface area (Å²) in [5.41, 5.74) is 0.813. The van der Waals surface area contributed by atoms with Gasteiger partial charge >= 0.3 is 0 Å². The molecule has 1 atom stereocenters. The zero-order valence-electron chi connectivity index (χ0n) is 15.5. The first-order valence-electron chi connectivity index (χ1n) is 9.39. The Bertz CT molecular complexity index is 864. The second kappa shape index (κ2) is 8.65. The van der Waals surface area contributed by atoms with Gasteiger partial charge in [-0.3, -0.25) is 4.79 Å². The Kier molecular flexibility index (Phi) is 6.26. The highest BCUT2D eigenvalue weighted by Gasteiger charge is 2.32. The van der Waals surface area contributed by atoms with Crippen LogP contribution in [0.1, 0.15) is 50.9 Å². The van der Waals surface area contributed by atoms with Crippen LogP contribution in [0.3, 0.4) is 0 Å². The normalized spacial score (nSPS) is 18.3. The zero-order chi connectivity index (χ0) is 19.3. The van der Waals surface area contributed by atoms with Gasteiger partial charge in [0.1, 0.15) is 5.75 Å². The maximum Gasteiger partial charge on any atom is 0.257 e. The number of hydrogen-bond donors (Lipinski definition) is 0. The maximum atomic E-state index is 12.8. The van der Waals surface area contributed by atoms with Crippen LogP contribution in [0, 0.1) is 0 Å².